The Bertz CT molecular complexity index is 491. The van der Waals surface area contributed by atoms with Crippen molar-refractivity contribution in [2.24, 2.45) is 5.92 Å². The molecule has 15 heavy (non-hydrogen) atoms. The topological polar surface area (TPSA) is 30.2 Å². The van der Waals surface area contributed by atoms with Gasteiger partial charge in [-0.2, -0.15) is 5.10 Å². The molecule has 0 aliphatic carbocycles. The SMILES string of the molecule is CC(C)Cc1c(Cl)nc2ccnn2c1Cl. The first-order valence-electron chi connectivity index (χ1n) is 4.77. The van der Waals surface area contributed by atoms with Gasteiger partial charge in [-0.1, -0.05) is 37.0 Å². The molecule has 0 radical (unpaired) electrons. The van der Waals surface area contributed by atoms with Crippen LogP contribution in [-0.4, -0.2) is 14.6 Å². The molecule has 0 bridgehead atoms. The van der Waals surface area contributed by atoms with Crippen molar-refractivity contribution >= 4 is 28.8 Å². The smallest absolute Gasteiger partial charge is 0.158 e. The van der Waals surface area contributed by atoms with E-state index in [9.17, 15) is 0 Å². The largest absolute Gasteiger partial charge is 0.216 e. The van der Waals surface area contributed by atoms with Crippen molar-refractivity contribution in [1.82, 2.24) is 14.6 Å². The van der Waals surface area contributed by atoms with Crippen molar-refractivity contribution in [3.63, 3.8) is 0 Å². The van der Waals surface area contributed by atoms with Gasteiger partial charge in [-0.15, -0.1) is 0 Å². The second-order valence-electron chi connectivity index (χ2n) is 3.87. The first-order valence-corrected chi connectivity index (χ1v) is 5.53. The highest BCUT2D eigenvalue weighted by Gasteiger charge is 2.13. The zero-order valence-electron chi connectivity index (χ0n) is 8.54. The lowest BCUT2D eigenvalue weighted by molar-refractivity contribution is 0.642. The molecule has 2 aromatic rings. The summed E-state index contributed by atoms with van der Waals surface area (Å²) in [7, 11) is 0. The minimum Gasteiger partial charge on any atom is -0.216 e. The molecule has 0 atom stereocenters. The Morgan fingerprint density at radius 1 is 1.40 bits per heavy atom. The molecule has 0 fully saturated rings. The van der Waals surface area contributed by atoms with Gasteiger partial charge in [0.15, 0.2) is 5.65 Å². The Balaban J connectivity index is 2.61. The summed E-state index contributed by atoms with van der Waals surface area (Å²) >= 11 is 12.3. The van der Waals surface area contributed by atoms with E-state index in [0.29, 0.717) is 21.9 Å². The van der Waals surface area contributed by atoms with Crippen LogP contribution in [0, 0.1) is 5.92 Å². The van der Waals surface area contributed by atoms with E-state index in [2.05, 4.69) is 23.9 Å². The molecule has 80 valence electrons. The van der Waals surface area contributed by atoms with Crippen molar-refractivity contribution in [3.05, 3.63) is 28.1 Å². The van der Waals surface area contributed by atoms with Gasteiger partial charge in [0.2, 0.25) is 0 Å². The van der Waals surface area contributed by atoms with E-state index in [0.717, 1.165) is 12.0 Å². The fourth-order valence-corrected chi connectivity index (χ4v) is 2.09. The second kappa shape index (κ2) is 3.99. The summed E-state index contributed by atoms with van der Waals surface area (Å²) in [6.45, 7) is 4.22. The van der Waals surface area contributed by atoms with Crippen LogP contribution >= 0.6 is 23.2 Å². The molecule has 3 nitrogen and oxygen atoms in total. The van der Waals surface area contributed by atoms with Crippen LogP contribution in [0.4, 0.5) is 0 Å². The normalized spacial score (nSPS) is 11.5. The van der Waals surface area contributed by atoms with Gasteiger partial charge in [-0.25, -0.2) is 9.50 Å². The van der Waals surface area contributed by atoms with E-state index in [-0.39, 0.29) is 0 Å². The molecule has 0 saturated heterocycles. The Labute approximate surface area is 98.0 Å². The molecule has 0 aliphatic rings. The minimum atomic E-state index is 0.474. The van der Waals surface area contributed by atoms with Gasteiger partial charge >= 0.3 is 0 Å². The predicted molar refractivity (Wildman–Crippen MR) is 61.5 cm³/mol. The average molecular weight is 244 g/mol. The van der Waals surface area contributed by atoms with Gasteiger partial charge in [0, 0.05) is 11.6 Å². The number of hydrogen-bond donors (Lipinski definition) is 0. The molecule has 0 unspecified atom stereocenters. The maximum absolute atomic E-state index is 6.21. The number of hydrogen-bond acceptors (Lipinski definition) is 2. The maximum Gasteiger partial charge on any atom is 0.158 e. The first-order chi connectivity index (χ1) is 7.09. The van der Waals surface area contributed by atoms with Crippen molar-refractivity contribution in [3.8, 4) is 0 Å². The summed E-state index contributed by atoms with van der Waals surface area (Å²) in [5.74, 6) is 0.481. The summed E-state index contributed by atoms with van der Waals surface area (Å²) in [5, 5.41) is 5.12. The highest BCUT2D eigenvalue weighted by atomic mass is 35.5. The number of nitrogens with zero attached hydrogens (tertiary/aromatic N) is 3. The van der Waals surface area contributed by atoms with E-state index >= 15 is 0 Å². The van der Waals surface area contributed by atoms with Crippen LogP contribution in [0.15, 0.2) is 12.3 Å². The Kier molecular flexibility index (Phi) is 2.85. The lowest BCUT2D eigenvalue weighted by Crippen LogP contribution is -2.03. The van der Waals surface area contributed by atoms with Crippen LogP contribution in [0.3, 0.4) is 0 Å². The minimum absolute atomic E-state index is 0.474. The molecule has 0 spiro atoms. The van der Waals surface area contributed by atoms with Crippen LogP contribution in [0.2, 0.25) is 10.3 Å². The van der Waals surface area contributed by atoms with Gasteiger partial charge in [0.05, 0.1) is 6.20 Å². The molecular formula is C10H11Cl2N3. The third-order valence-corrected chi connectivity index (χ3v) is 2.83. The zero-order valence-corrected chi connectivity index (χ0v) is 10.0. The van der Waals surface area contributed by atoms with Crippen molar-refractivity contribution < 1.29 is 0 Å². The van der Waals surface area contributed by atoms with Gasteiger partial charge in [-0.05, 0) is 12.3 Å². The van der Waals surface area contributed by atoms with Gasteiger partial charge in [-0.3, -0.25) is 0 Å². The molecule has 5 heteroatoms. The molecule has 0 aliphatic heterocycles. The summed E-state index contributed by atoms with van der Waals surface area (Å²) in [4.78, 5) is 4.23. The number of halogens is 2. The monoisotopic (exact) mass is 243 g/mol. The summed E-state index contributed by atoms with van der Waals surface area (Å²) < 4.78 is 1.60. The van der Waals surface area contributed by atoms with Crippen LogP contribution < -0.4 is 0 Å². The Morgan fingerprint density at radius 3 is 2.80 bits per heavy atom. The van der Waals surface area contributed by atoms with Crippen molar-refractivity contribution in [1.29, 1.82) is 0 Å². The van der Waals surface area contributed by atoms with Crippen molar-refractivity contribution in [2.75, 3.05) is 0 Å². The van der Waals surface area contributed by atoms with Crippen LogP contribution in [-0.2, 0) is 6.42 Å². The number of rotatable bonds is 2. The van der Waals surface area contributed by atoms with Gasteiger partial charge in [0.1, 0.15) is 10.3 Å². The van der Waals surface area contributed by atoms with Crippen molar-refractivity contribution in [2.45, 2.75) is 20.3 Å². The fraction of sp³-hybridized carbons (Fsp3) is 0.400. The molecule has 2 heterocycles. The molecule has 2 aromatic heterocycles. The third-order valence-electron chi connectivity index (χ3n) is 2.13. The van der Waals surface area contributed by atoms with E-state index in [1.165, 1.54) is 0 Å². The summed E-state index contributed by atoms with van der Waals surface area (Å²) in [5.41, 5.74) is 1.54. The highest BCUT2D eigenvalue weighted by Crippen LogP contribution is 2.26. The van der Waals surface area contributed by atoms with Crippen LogP contribution in [0.5, 0.6) is 0 Å². The van der Waals surface area contributed by atoms with Crippen LogP contribution in [0.1, 0.15) is 19.4 Å². The third kappa shape index (κ3) is 1.94. The van der Waals surface area contributed by atoms with Crippen LogP contribution in [0.25, 0.3) is 5.65 Å². The Hall–Kier alpha value is -0.800. The fourth-order valence-electron chi connectivity index (χ4n) is 1.49. The molecule has 0 N–H and O–H groups in total. The van der Waals surface area contributed by atoms with E-state index in [1.807, 2.05) is 0 Å². The maximum atomic E-state index is 6.21. The summed E-state index contributed by atoms with van der Waals surface area (Å²) in [6.07, 6.45) is 2.46. The molecule has 0 saturated carbocycles. The number of fused-ring (bicyclic) bond motifs is 1. The molecular weight excluding hydrogens is 233 g/mol. The van der Waals surface area contributed by atoms with E-state index in [4.69, 9.17) is 23.2 Å². The molecule has 2 rings (SSSR count). The lowest BCUT2D eigenvalue weighted by Gasteiger charge is -2.09. The average Bonchev–Trinajstić information content (AvgIpc) is 2.59. The van der Waals surface area contributed by atoms with E-state index < -0.39 is 0 Å². The lowest BCUT2D eigenvalue weighted by atomic mass is 10.1. The first kappa shape index (κ1) is 10.7. The zero-order chi connectivity index (χ0) is 11.0. The summed E-state index contributed by atoms with van der Waals surface area (Å²) in [6, 6.07) is 1.77. The standard InChI is InChI=1S/C10H11Cl2N3/c1-6(2)5-7-9(11)14-8-3-4-13-15(8)10(7)12/h3-4,6H,5H2,1-2H3. The van der Waals surface area contributed by atoms with Gasteiger partial charge < -0.3 is 0 Å². The quantitative estimate of drug-likeness (QED) is 0.759. The Morgan fingerprint density at radius 2 is 2.13 bits per heavy atom. The van der Waals surface area contributed by atoms with Gasteiger partial charge in [0.25, 0.3) is 0 Å². The van der Waals surface area contributed by atoms with E-state index in [1.54, 1.807) is 16.8 Å². The number of aromatic nitrogens is 3. The molecule has 0 aromatic carbocycles. The molecule has 0 amide bonds. The predicted octanol–water partition coefficient (Wildman–Crippen LogP) is 3.23. The highest BCUT2D eigenvalue weighted by molar-refractivity contribution is 6.34. The second-order valence-corrected chi connectivity index (χ2v) is 4.59.